The summed E-state index contributed by atoms with van der Waals surface area (Å²) in [5.41, 5.74) is -0.476. The number of nitrogens with zero attached hydrogens (tertiary/aromatic N) is 3. The summed E-state index contributed by atoms with van der Waals surface area (Å²) in [5.74, 6) is -0.949. The quantitative estimate of drug-likeness (QED) is 0.531. The van der Waals surface area contributed by atoms with Gasteiger partial charge in [0.15, 0.2) is 0 Å². The molecule has 0 fully saturated rings. The van der Waals surface area contributed by atoms with Crippen molar-refractivity contribution in [1.82, 2.24) is 9.13 Å². The zero-order chi connectivity index (χ0) is 21.1. The summed E-state index contributed by atoms with van der Waals surface area (Å²) in [4.78, 5) is 30.4. The van der Waals surface area contributed by atoms with E-state index in [9.17, 15) is 19.1 Å². The van der Waals surface area contributed by atoms with Crippen LogP contribution in [0, 0.1) is 5.82 Å². The van der Waals surface area contributed by atoms with Gasteiger partial charge >= 0.3 is 5.69 Å². The predicted octanol–water partition coefficient (Wildman–Crippen LogP) is 3.58. The molecule has 0 spiro atoms. The molecule has 3 aromatic carbocycles. The third kappa shape index (κ3) is 3.56. The molecule has 0 radical (unpaired) electrons. The summed E-state index contributed by atoms with van der Waals surface area (Å²) >= 11 is 0. The van der Waals surface area contributed by atoms with E-state index in [0.717, 1.165) is 9.13 Å². The first-order chi connectivity index (χ1) is 14.6. The van der Waals surface area contributed by atoms with E-state index in [1.807, 2.05) is 0 Å². The third-order valence-electron chi connectivity index (χ3n) is 4.47. The van der Waals surface area contributed by atoms with Crippen LogP contribution in [0.25, 0.3) is 11.4 Å². The SMILES string of the molecule is O=c1c(C=Nc2ccc(F)cc2)c(O)n(-c2ccccc2)c(=O)n1-c1ccccc1. The smallest absolute Gasteiger partial charge is 0.343 e. The summed E-state index contributed by atoms with van der Waals surface area (Å²) in [6, 6.07) is 22.2. The molecule has 0 aliphatic heterocycles. The molecule has 1 N–H and O–H groups in total. The third-order valence-corrected chi connectivity index (χ3v) is 4.47. The van der Waals surface area contributed by atoms with Gasteiger partial charge in [-0.05, 0) is 48.5 Å². The molecule has 0 aliphatic carbocycles. The molecule has 1 heterocycles. The number of para-hydroxylation sites is 2. The molecule has 6 nitrogen and oxygen atoms in total. The number of hydrogen-bond donors (Lipinski definition) is 1. The Kier molecular flexibility index (Phi) is 5.09. The largest absolute Gasteiger partial charge is 0.493 e. The number of aromatic nitrogens is 2. The first kappa shape index (κ1) is 19.1. The van der Waals surface area contributed by atoms with E-state index in [-0.39, 0.29) is 5.56 Å². The Hall–Kier alpha value is -4.26. The maximum atomic E-state index is 13.2. The molecule has 0 saturated heterocycles. The van der Waals surface area contributed by atoms with Gasteiger partial charge in [-0.25, -0.2) is 18.3 Å². The van der Waals surface area contributed by atoms with Gasteiger partial charge in [0.05, 0.1) is 17.1 Å². The van der Waals surface area contributed by atoms with Gasteiger partial charge < -0.3 is 5.11 Å². The molecule has 1 aromatic heterocycles. The van der Waals surface area contributed by atoms with Crippen LogP contribution in [0.5, 0.6) is 5.88 Å². The van der Waals surface area contributed by atoms with Gasteiger partial charge in [0.1, 0.15) is 11.4 Å². The van der Waals surface area contributed by atoms with Crippen molar-refractivity contribution >= 4 is 11.9 Å². The van der Waals surface area contributed by atoms with E-state index in [1.165, 1.54) is 30.5 Å². The fourth-order valence-corrected chi connectivity index (χ4v) is 3.01. The number of halogens is 1. The maximum absolute atomic E-state index is 13.2. The lowest BCUT2D eigenvalue weighted by Crippen LogP contribution is -2.40. The lowest BCUT2D eigenvalue weighted by molar-refractivity contribution is 0.427. The van der Waals surface area contributed by atoms with Crippen LogP contribution in [0.1, 0.15) is 5.56 Å². The number of rotatable bonds is 4. The summed E-state index contributed by atoms with van der Waals surface area (Å²) in [6.07, 6.45) is 1.17. The Morgan fingerprint density at radius 2 is 1.30 bits per heavy atom. The molecule has 0 atom stereocenters. The molecule has 7 heteroatoms. The van der Waals surface area contributed by atoms with Gasteiger partial charge in [-0.15, -0.1) is 0 Å². The second-order valence-corrected chi connectivity index (χ2v) is 6.40. The van der Waals surface area contributed by atoms with Crippen LogP contribution >= 0.6 is 0 Å². The molecular weight excluding hydrogens is 385 g/mol. The number of aromatic hydroxyl groups is 1. The fraction of sp³-hybridized carbons (Fsp3) is 0. The van der Waals surface area contributed by atoms with Crippen LogP contribution in [-0.2, 0) is 0 Å². The Labute approximate surface area is 170 Å². The monoisotopic (exact) mass is 401 g/mol. The summed E-state index contributed by atoms with van der Waals surface area (Å²) in [6.45, 7) is 0. The van der Waals surface area contributed by atoms with Gasteiger partial charge in [-0.1, -0.05) is 36.4 Å². The van der Waals surface area contributed by atoms with Crippen LogP contribution in [0.4, 0.5) is 10.1 Å². The van der Waals surface area contributed by atoms with Crippen molar-refractivity contribution in [2.45, 2.75) is 0 Å². The number of benzene rings is 3. The first-order valence-corrected chi connectivity index (χ1v) is 9.08. The molecule has 0 saturated carbocycles. The van der Waals surface area contributed by atoms with Crippen LogP contribution in [0.3, 0.4) is 0 Å². The minimum absolute atomic E-state index is 0.174. The number of hydrogen-bond acceptors (Lipinski definition) is 4. The van der Waals surface area contributed by atoms with Crippen molar-refractivity contribution in [3.05, 3.63) is 117 Å². The molecule has 0 aliphatic rings. The van der Waals surface area contributed by atoms with Crippen LogP contribution in [0.15, 0.2) is 99.5 Å². The lowest BCUT2D eigenvalue weighted by Gasteiger charge is -2.14. The minimum atomic E-state index is -0.721. The molecule has 0 unspecified atom stereocenters. The van der Waals surface area contributed by atoms with Crippen molar-refractivity contribution in [3.63, 3.8) is 0 Å². The molecule has 4 rings (SSSR count). The van der Waals surface area contributed by atoms with Gasteiger partial charge in [-0.3, -0.25) is 9.79 Å². The van der Waals surface area contributed by atoms with E-state index in [0.29, 0.717) is 17.1 Å². The minimum Gasteiger partial charge on any atom is -0.493 e. The molecule has 30 heavy (non-hydrogen) atoms. The highest BCUT2D eigenvalue weighted by atomic mass is 19.1. The van der Waals surface area contributed by atoms with Crippen LogP contribution < -0.4 is 11.2 Å². The van der Waals surface area contributed by atoms with Crippen molar-refractivity contribution in [2.24, 2.45) is 4.99 Å². The van der Waals surface area contributed by atoms with Crippen molar-refractivity contribution < 1.29 is 9.50 Å². The van der Waals surface area contributed by atoms with Crippen molar-refractivity contribution in [3.8, 4) is 17.3 Å². The fourth-order valence-electron chi connectivity index (χ4n) is 3.01. The highest BCUT2D eigenvalue weighted by molar-refractivity contribution is 5.84. The second-order valence-electron chi connectivity index (χ2n) is 6.40. The molecule has 4 aromatic rings. The number of aliphatic imine (C=N–C) groups is 1. The molecule has 0 amide bonds. The van der Waals surface area contributed by atoms with Gasteiger partial charge in [-0.2, -0.15) is 0 Å². The average molecular weight is 401 g/mol. The standard InChI is InChI=1S/C23H16FN3O3/c24-16-11-13-17(14-12-16)25-15-20-21(28)26(18-7-3-1-4-8-18)23(30)27(22(20)29)19-9-5-2-6-10-19/h1-15,28H. The van der Waals surface area contributed by atoms with E-state index in [4.69, 9.17) is 0 Å². The maximum Gasteiger partial charge on any atom is 0.343 e. The van der Waals surface area contributed by atoms with Gasteiger partial charge in [0.2, 0.25) is 5.88 Å². The summed E-state index contributed by atoms with van der Waals surface area (Å²) < 4.78 is 15.1. The van der Waals surface area contributed by atoms with Gasteiger partial charge in [0, 0.05) is 6.21 Å². The second kappa shape index (κ2) is 8.00. The van der Waals surface area contributed by atoms with E-state index in [2.05, 4.69) is 4.99 Å². The molecule has 0 bridgehead atoms. The normalized spacial score (nSPS) is 11.1. The zero-order valence-corrected chi connectivity index (χ0v) is 15.6. The topological polar surface area (TPSA) is 76.6 Å². The zero-order valence-electron chi connectivity index (χ0n) is 15.6. The molecule has 148 valence electrons. The Morgan fingerprint density at radius 1 is 0.767 bits per heavy atom. The molecular formula is C23H16FN3O3. The first-order valence-electron chi connectivity index (χ1n) is 9.08. The Bertz CT molecular complexity index is 1330. The lowest BCUT2D eigenvalue weighted by atomic mass is 10.2. The van der Waals surface area contributed by atoms with Crippen molar-refractivity contribution in [1.29, 1.82) is 0 Å². The van der Waals surface area contributed by atoms with E-state index in [1.54, 1.807) is 60.7 Å². The summed E-state index contributed by atoms with van der Waals surface area (Å²) in [7, 11) is 0. The van der Waals surface area contributed by atoms with E-state index >= 15 is 0 Å². The van der Waals surface area contributed by atoms with Crippen LogP contribution in [-0.4, -0.2) is 20.5 Å². The van der Waals surface area contributed by atoms with Crippen molar-refractivity contribution in [2.75, 3.05) is 0 Å². The van der Waals surface area contributed by atoms with E-state index < -0.39 is 22.9 Å². The van der Waals surface area contributed by atoms with Crippen LogP contribution in [0.2, 0.25) is 0 Å². The highest BCUT2D eigenvalue weighted by Crippen LogP contribution is 2.18. The Balaban J connectivity index is 1.99. The summed E-state index contributed by atoms with van der Waals surface area (Å²) in [5, 5.41) is 10.8. The van der Waals surface area contributed by atoms with Gasteiger partial charge in [0.25, 0.3) is 5.56 Å². The predicted molar refractivity (Wildman–Crippen MR) is 113 cm³/mol. The average Bonchev–Trinajstić information content (AvgIpc) is 2.76. The highest BCUT2D eigenvalue weighted by Gasteiger charge is 2.19. The Morgan fingerprint density at radius 3 is 1.87 bits per heavy atom.